The van der Waals surface area contributed by atoms with Crippen molar-refractivity contribution >= 4 is 27.5 Å². The summed E-state index contributed by atoms with van der Waals surface area (Å²) in [6, 6.07) is 6.66. The highest BCUT2D eigenvalue weighted by Crippen LogP contribution is 2.31. The molecule has 2 N–H and O–H groups in total. The molecule has 0 aliphatic carbocycles. The second-order valence-electron chi connectivity index (χ2n) is 4.27. The Hall–Kier alpha value is -0.970. The quantitative estimate of drug-likeness (QED) is 0.835. The number of aryl methyl sites for hydroxylation is 1. The van der Waals surface area contributed by atoms with Crippen molar-refractivity contribution in [3.8, 4) is 0 Å². The molecule has 2 aromatic rings. The van der Waals surface area contributed by atoms with Crippen molar-refractivity contribution in [2.45, 2.75) is 13.0 Å². The van der Waals surface area contributed by atoms with E-state index in [1.807, 2.05) is 0 Å². The Morgan fingerprint density at radius 2 is 1.79 bits per heavy atom. The van der Waals surface area contributed by atoms with E-state index < -0.39 is 17.7 Å². The first-order chi connectivity index (χ1) is 8.90. The molecule has 100 valence electrons. The molecule has 0 aromatic heterocycles. The van der Waals surface area contributed by atoms with E-state index in [1.54, 1.807) is 25.1 Å². The highest BCUT2D eigenvalue weighted by Gasteiger charge is 2.18. The molecule has 0 radical (unpaired) electrons. The van der Waals surface area contributed by atoms with Gasteiger partial charge in [-0.05, 0) is 42.3 Å². The third-order valence-electron chi connectivity index (χ3n) is 2.91. The van der Waals surface area contributed by atoms with Crippen molar-refractivity contribution in [3.05, 3.63) is 68.2 Å². The molecule has 0 amide bonds. The SMILES string of the molecule is Cc1cc(C(N)c2cc(Cl)ccc2Br)c(F)cc1F. The highest BCUT2D eigenvalue weighted by molar-refractivity contribution is 9.10. The van der Waals surface area contributed by atoms with E-state index in [9.17, 15) is 8.78 Å². The Kier molecular flexibility index (Phi) is 4.23. The zero-order valence-electron chi connectivity index (χ0n) is 10.1. The zero-order chi connectivity index (χ0) is 14.2. The lowest BCUT2D eigenvalue weighted by molar-refractivity contribution is 0.560. The summed E-state index contributed by atoms with van der Waals surface area (Å²) >= 11 is 9.27. The van der Waals surface area contributed by atoms with Crippen LogP contribution in [-0.4, -0.2) is 0 Å². The zero-order valence-corrected chi connectivity index (χ0v) is 12.4. The molecule has 1 nitrogen and oxygen atoms in total. The second kappa shape index (κ2) is 5.57. The molecule has 0 saturated heterocycles. The van der Waals surface area contributed by atoms with Crippen molar-refractivity contribution in [1.29, 1.82) is 0 Å². The number of rotatable bonds is 2. The van der Waals surface area contributed by atoms with Gasteiger partial charge in [0.15, 0.2) is 0 Å². The van der Waals surface area contributed by atoms with Crippen molar-refractivity contribution < 1.29 is 8.78 Å². The maximum atomic E-state index is 13.8. The molecule has 0 bridgehead atoms. The second-order valence-corrected chi connectivity index (χ2v) is 5.56. The van der Waals surface area contributed by atoms with Gasteiger partial charge >= 0.3 is 0 Å². The lowest BCUT2D eigenvalue weighted by atomic mass is 9.97. The number of nitrogens with two attached hydrogens (primary N) is 1. The minimum atomic E-state index is -0.715. The molecule has 19 heavy (non-hydrogen) atoms. The summed E-state index contributed by atoms with van der Waals surface area (Å²) in [7, 11) is 0. The van der Waals surface area contributed by atoms with Crippen LogP contribution in [-0.2, 0) is 0 Å². The summed E-state index contributed by atoms with van der Waals surface area (Å²) in [6.45, 7) is 1.57. The first-order valence-electron chi connectivity index (χ1n) is 5.56. The molecule has 2 aromatic carbocycles. The average molecular weight is 347 g/mol. The molecular formula is C14H11BrClF2N. The monoisotopic (exact) mass is 345 g/mol. The van der Waals surface area contributed by atoms with Crippen LogP contribution in [0.3, 0.4) is 0 Å². The smallest absolute Gasteiger partial charge is 0.131 e. The number of halogens is 4. The van der Waals surface area contributed by atoms with E-state index in [0.29, 0.717) is 16.1 Å². The molecule has 1 atom stereocenters. The largest absolute Gasteiger partial charge is 0.320 e. The summed E-state index contributed by atoms with van der Waals surface area (Å²) in [5, 5.41) is 0.507. The molecule has 5 heteroatoms. The maximum absolute atomic E-state index is 13.8. The third-order valence-corrected chi connectivity index (χ3v) is 3.86. The predicted molar refractivity (Wildman–Crippen MR) is 76.3 cm³/mol. The van der Waals surface area contributed by atoms with Gasteiger partial charge in [-0.3, -0.25) is 0 Å². The molecule has 0 saturated carbocycles. The topological polar surface area (TPSA) is 26.0 Å². The molecule has 2 rings (SSSR count). The fourth-order valence-electron chi connectivity index (χ4n) is 1.84. The van der Waals surface area contributed by atoms with Crippen LogP contribution in [0.2, 0.25) is 5.02 Å². The van der Waals surface area contributed by atoms with Gasteiger partial charge in [0.25, 0.3) is 0 Å². The van der Waals surface area contributed by atoms with E-state index in [2.05, 4.69) is 15.9 Å². The van der Waals surface area contributed by atoms with Gasteiger partial charge in [-0.25, -0.2) is 8.78 Å². The fraction of sp³-hybridized carbons (Fsp3) is 0.143. The third kappa shape index (κ3) is 2.96. The Bertz CT molecular complexity index is 631. The summed E-state index contributed by atoms with van der Waals surface area (Å²) in [6.07, 6.45) is 0. The van der Waals surface area contributed by atoms with Gasteiger partial charge in [0.1, 0.15) is 11.6 Å². The van der Waals surface area contributed by atoms with Crippen LogP contribution in [0.15, 0.2) is 34.8 Å². The van der Waals surface area contributed by atoms with E-state index in [-0.39, 0.29) is 5.56 Å². The van der Waals surface area contributed by atoms with E-state index >= 15 is 0 Å². The fourth-order valence-corrected chi connectivity index (χ4v) is 2.51. The van der Waals surface area contributed by atoms with Crippen LogP contribution in [0.25, 0.3) is 0 Å². The van der Waals surface area contributed by atoms with Crippen molar-refractivity contribution in [1.82, 2.24) is 0 Å². The normalized spacial score (nSPS) is 12.5. The van der Waals surface area contributed by atoms with Gasteiger partial charge in [0.2, 0.25) is 0 Å². The van der Waals surface area contributed by atoms with E-state index in [0.717, 1.165) is 10.5 Å². The Balaban J connectivity index is 2.52. The molecule has 0 aliphatic heterocycles. The lowest BCUT2D eigenvalue weighted by Crippen LogP contribution is -2.15. The van der Waals surface area contributed by atoms with Gasteiger partial charge in [-0.2, -0.15) is 0 Å². The molecular weight excluding hydrogens is 336 g/mol. The summed E-state index contributed by atoms with van der Waals surface area (Å²) in [5.41, 5.74) is 7.29. The minimum absolute atomic E-state index is 0.238. The first-order valence-corrected chi connectivity index (χ1v) is 6.73. The molecule has 1 unspecified atom stereocenters. The average Bonchev–Trinajstić information content (AvgIpc) is 2.36. The summed E-state index contributed by atoms with van der Waals surface area (Å²) < 4.78 is 27.8. The van der Waals surface area contributed by atoms with Crippen molar-refractivity contribution in [3.63, 3.8) is 0 Å². The Morgan fingerprint density at radius 1 is 1.11 bits per heavy atom. The highest BCUT2D eigenvalue weighted by atomic mass is 79.9. The molecule has 0 heterocycles. The van der Waals surface area contributed by atoms with Crippen LogP contribution in [0, 0.1) is 18.6 Å². The van der Waals surface area contributed by atoms with Crippen molar-refractivity contribution in [2.24, 2.45) is 5.73 Å². The summed E-state index contributed by atoms with van der Waals surface area (Å²) in [4.78, 5) is 0. The van der Waals surface area contributed by atoms with Crippen LogP contribution < -0.4 is 5.73 Å². The Morgan fingerprint density at radius 3 is 2.47 bits per heavy atom. The predicted octanol–water partition coefficient (Wildman–Crippen LogP) is 4.74. The van der Waals surface area contributed by atoms with Gasteiger partial charge in [0.05, 0.1) is 6.04 Å². The Labute approximate surface area is 123 Å². The maximum Gasteiger partial charge on any atom is 0.131 e. The first kappa shape index (κ1) is 14.4. The number of hydrogen-bond acceptors (Lipinski definition) is 1. The van der Waals surface area contributed by atoms with Crippen molar-refractivity contribution in [2.75, 3.05) is 0 Å². The van der Waals surface area contributed by atoms with Gasteiger partial charge in [-0.1, -0.05) is 27.5 Å². The van der Waals surface area contributed by atoms with Gasteiger partial charge in [0, 0.05) is 21.1 Å². The number of hydrogen-bond donors (Lipinski definition) is 1. The van der Waals surface area contributed by atoms with E-state index in [4.69, 9.17) is 17.3 Å². The van der Waals surface area contributed by atoms with Crippen LogP contribution in [0.5, 0.6) is 0 Å². The van der Waals surface area contributed by atoms with E-state index in [1.165, 1.54) is 6.07 Å². The lowest BCUT2D eigenvalue weighted by Gasteiger charge is -2.16. The van der Waals surface area contributed by atoms with Gasteiger partial charge in [-0.15, -0.1) is 0 Å². The molecule has 0 aliphatic rings. The molecule has 0 spiro atoms. The standard InChI is InChI=1S/C14H11BrClF2N/c1-7-4-10(13(18)6-12(7)17)14(19)9-5-8(16)2-3-11(9)15/h2-6,14H,19H2,1H3. The van der Waals surface area contributed by atoms with Crippen LogP contribution in [0.1, 0.15) is 22.7 Å². The van der Waals surface area contributed by atoms with Gasteiger partial charge < -0.3 is 5.73 Å². The summed E-state index contributed by atoms with van der Waals surface area (Å²) in [5.74, 6) is -1.25. The van der Waals surface area contributed by atoms with Crippen LogP contribution in [0.4, 0.5) is 8.78 Å². The number of benzene rings is 2. The molecule has 0 fully saturated rings. The van der Waals surface area contributed by atoms with Crippen LogP contribution >= 0.6 is 27.5 Å². The minimum Gasteiger partial charge on any atom is -0.320 e.